The molecule has 3 nitrogen and oxygen atoms in total. The molecule has 0 saturated carbocycles. The van der Waals surface area contributed by atoms with Gasteiger partial charge in [0.15, 0.2) is 0 Å². The van der Waals surface area contributed by atoms with E-state index in [1.807, 2.05) is 0 Å². The van der Waals surface area contributed by atoms with E-state index in [4.69, 9.17) is 4.74 Å². The van der Waals surface area contributed by atoms with Crippen molar-refractivity contribution in [3.63, 3.8) is 0 Å². The lowest BCUT2D eigenvalue weighted by Crippen LogP contribution is -2.39. The minimum Gasteiger partial charge on any atom is -0.383 e. The second-order valence-corrected chi connectivity index (χ2v) is 6.51. The largest absolute Gasteiger partial charge is 0.383 e. The second-order valence-electron chi connectivity index (χ2n) is 6.51. The van der Waals surface area contributed by atoms with Gasteiger partial charge < -0.3 is 10.1 Å². The van der Waals surface area contributed by atoms with Crippen LogP contribution in [0.25, 0.3) is 0 Å². The summed E-state index contributed by atoms with van der Waals surface area (Å²) in [5, 5.41) is 3.64. The smallest absolute Gasteiger partial charge is 0.0589 e. The van der Waals surface area contributed by atoms with Crippen LogP contribution in [0.2, 0.25) is 0 Å². The first-order chi connectivity index (χ1) is 8.95. The van der Waals surface area contributed by atoms with Crippen LogP contribution in [0.3, 0.4) is 0 Å². The van der Waals surface area contributed by atoms with E-state index in [9.17, 15) is 0 Å². The number of nitrogens with zero attached hydrogens (tertiary/aromatic N) is 1. The summed E-state index contributed by atoms with van der Waals surface area (Å²) in [7, 11) is 1.78. The van der Waals surface area contributed by atoms with E-state index in [-0.39, 0.29) is 0 Å². The predicted octanol–water partition coefficient (Wildman–Crippen LogP) is 3.01. The summed E-state index contributed by atoms with van der Waals surface area (Å²) >= 11 is 0. The molecule has 0 amide bonds. The maximum atomic E-state index is 5.18. The zero-order valence-corrected chi connectivity index (χ0v) is 14.0. The second kappa shape index (κ2) is 11.7. The van der Waals surface area contributed by atoms with Crippen LogP contribution in [-0.4, -0.2) is 50.8 Å². The van der Waals surface area contributed by atoms with Crippen LogP contribution in [0.15, 0.2) is 0 Å². The molecule has 0 aromatic heterocycles. The Morgan fingerprint density at radius 1 is 0.947 bits per heavy atom. The molecule has 0 spiro atoms. The average molecular weight is 272 g/mol. The molecular formula is C16H36N2O. The van der Waals surface area contributed by atoms with Crippen molar-refractivity contribution in [3.8, 4) is 0 Å². The summed E-state index contributed by atoms with van der Waals surface area (Å²) < 4.78 is 5.18. The van der Waals surface area contributed by atoms with Gasteiger partial charge in [0.2, 0.25) is 0 Å². The summed E-state index contributed by atoms with van der Waals surface area (Å²) in [5.74, 6) is 1.53. The number of ether oxygens (including phenoxy) is 1. The SMILES string of the molecule is COCCN(CCNC(C)CCC(C)C)CC(C)C. The summed E-state index contributed by atoms with van der Waals surface area (Å²) in [5.41, 5.74) is 0. The molecule has 1 unspecified atom stereocenters. The Labute approximate surface area is 121 Å². The quantitative estimate of drug-likeness (QED) is 0.591. The molecule has 116 valence electrons. The third-order valence-electron chi connectivity index (χ3n) is 3.33. The lowest BCUT2D eigenvalue weighted by molar-refractivity contribution is 0.140. The fraction of sp³-hybridized carbons (Fsp3) is 1.00. The molecule has 0 radical (unpaired) electrons. The van der Waals surface area contributed by atoms with Crippen LogP contribution >= 0.6 is 0 Å². The first-order valence-corrected chi connectivity index (χ1v) is 7.90. The van der Waals surface area contributed by atoms with Crippen molar-refractivity contribution >= 4 is 0 Å². The maximum absolute atomic E-state index is 5.18. The van der Waals surface area contributed by atoms with Gasteiger partial charge in [0.25, 0.3) is 0 Å². The molecule has 1 atom stereocenters. The molecule has 0 fully saturated rings. The van der Waals surface area contributed by atoms with Gasteiger partial charge >= 0.3 is 0 Å². The molecule has 1 N–H and O–H groups in total. The van der Waals surface area contributed by atoms with Crippen molar-refractivity contribution < 1.29 is 4.74 Å². The Hall–Kier alpha value is -0.120. The van der Waals surface area contributed by atoms with Crippen LogP contribution < -0.4 is 5.32 Å². The molecule has 0 aromatic rings. The molecule has 0 aliphatic carbocycles. The highest BCUT2D eigenvalue weighted by atomic mass is 16.5. The van der Waals surface area contributed by atoms with Gasteiger partial charge in [-0.1, -0.05) is 27.7 Å². The highest BCUT2D eigenvalue weighted by Gasteiger charge is 2.08. The predicted molar refractivity (Wildman–Crippen MR) is 84.7 cm³/mol. The van der Waals surface area contributed by atoms with E-state index in [0.29, 0.717) is 6.04 Å². The molecule has 19 heavy (non-hydrogen) atoms. The Kier molecular flexibility index (Phi) is 11.6. The molecule has 3 heteroatoms. The van der Waals surface area contributed by atoms with Crippen molar-refractivity contribution in [3.05, 3.63) is 0 Å². The van der Waals surface area contributed by atoms with Gasteiger partial charge in [0, 0.05) is 39.3 Å². The normalized spacial score (nSPS) is 13.7. The summed E-state index contributed by atoms with van der Waals surface area (Å²) in [6.07, 6.45) is 2.59. The molecule has 0 aliphatic heterocycles. The number of hydrogen-bond acceptors (Lipinski definition) is 3. The van der Waals surface area contributed by atoms with Crippen molar-refractivity contribution in [2.75, 3.05) is 39.9 Å². The highest BCUT2D eigenvalue weighted by Crippen LogP contribution is 2.06. The van der Waals surface area contributed by atoms with Gasteiger partial charge in [-0.05, 0) is 31.6 Å². The van der Waals surface area contributed by atoms with E-state index in [1.165, 1.54) is 12.8 Å². The maximum Gasteiger partial charge on any atom is 0.0589 e. The zero-order valence-electron chi connectivity index (χ0n) is 14.0. The molecule has 0 aromatic carbocycles. The summed E-state index contributed by atoms with van der Waals surface area (Å²) in [4.78, 5) is 2.50. The molecular weight excluding hydrogens is 236 g/mol. The first kappa shape index (κ1) is 18.9. The van der Waals surface area contributed by atoms with Crippen molar-refractivity contribution in [2.45, 2.75) is 53.5 Å². The van der Waals surface area contributed by atoms with Gasteiger partial charge in [-0.2, -0.15) is 0 Å². The van der Waals surface area contributed by atoms with Crippen molar-refractivity contribution in [1.29, 1.82) is 0 Å². The third-order valence-corrected chi connectivity index (χ3v) is 3.33. The first-order valence-electron chi connectivity index (χ1n) is 7.90. The zero-order chi connectivity index (χ0) is 14.7. The highest BCUT2D eigenvalue weighted by molar-refractivity contribution is 4.66. The Balaban J connectivity index is 3.77. The van der Waals surface area contributed by atoms with Crippen LogP contribution in [0, 0.1) is 11.8 Å². The lowest BCUT2D eigenvalue weighted by atomic mass is 10.0. The van der Waals surface area contributed by atoms with Gasteiger partial charge in [-0.15, -0.1) is 0 Å². The van der Waals surface area contributed by atoms with E-state index in [2.05, 4.69) is 44.8 Å². The standard InChI is InChI=1S/C16H36N2O/c1-14(2)7-8-16(5)17-9-10-18(11-12-19-6)13-15(3)4/h14-17H,7-13H2,1-6H3. The molecule has 0 rings (SSSR count). The minimum atomic E-state index is 0.630. The van der Waals surface area contributed by atoms with Gasteiger partial charge in [0.1, 0.15) is 0 Å². The van der Waals surface area contributed by atoms with E-state index in [1.54, 1.807) is 7.11 Å². The van der Waals surface area contributed by atoms with Gasteiger partial charge in [-0.3, -0.25) is 4.90 Å². The van der Waals surface area contributed by atoms with Gasteiger partial charge in [0.05, 0.1) is 6.61 Å². The summed E-state index contributed by atoms with van der Waals surface area (Å²) in [6.45, 7) is 16.7. The summed E-state index contributed by atoms with van der Waals surface area (Å²) in [6, 6.07) is 0.630. The average Bonchev–Trinajstić information content (AvgIpc) is 2.32. The minimum absolute atomic E-state index is 0.630. The van der Waals surface area contributed by atoms with Crippen LogP contribution in [0.4, 0.5) is 0 Å². The lowest BCUT2D eigenvalue weighted by Gasteiger charge is -2.25. The number of nitrogens with one attached hydrogen (secondary N) is 1. The fourth-order valence-corrected chi connectivity index (χ4v) is 2.19. The number of methoxy groups -OCH3 is 1. The number of hydrogen-bond donors (Lipinski definition) is 1. The molecule has 0 aliphatic rings. The van der Waals surface area contributed by atoms with Gasteiger partial charge in [-0.25, -0.2) is 0 Å². The number of rotatable bonds is 12. The van der Waals surface area contributed by atoms with Crippen LogP contribution in [0.1, 0.15) is 47.5 Å². The topological polar surface area (TPSA) is 24.5 Å². The van der Waals surface area contributed by atoms with Crippen LogP contribution in [-0.2, 0) is 4.74 Å². The monoisotopic (exact) mass is 272 g/mol. The Morgan fingerprint density at radius 2 is 1.63 bits per heavy atom. The van der Waals surface area contributed by atoms with E-state index >= 15 is 0 Å². The Morgan fingerprint density at radius 3 is 2.16 bits per heavy atom. The molecule has 0 heterocycles. The van der Waals surface area contributed by atoms with Crippen molar-refractivity contribution in [1.82, 2.24) is 10.2 Å². The third kappa shape index (κ3) is 12.6. The molecule has 0 bridgehead atoms. The van der Waals surface area contributed by atoms with Crippen molar-refractivity contribution in [2.24, 2.45) is 11.8 Å². The fourth-order valence-electron chi connectivity index (χ4n) is 2.19. The molecule has 0 saturated heterocycles. The van der Waals surface area contributed by atoms with E-state index < -0.39 is 0 Å². The Bertz CT molecular complexity index is 195. The van der Waals surface area contributed by atoms with Crippen LogP contribution in [0.5, 0.6) is 0 Å². The van der Waals surface area contributed by atoms with E-state index in [0.717, 1.165) is 44.6 Å².